The lowest BCUT2D eigenvalue weighted by molar-refractivity contribution is -0.119. The van der Waals surface area contributed by atoms with Gasteiger partial charge in [-0.1, -0.05) is 73.0 Å². The fourth-order valence-corrected chi connectivity index (χ4v) is 6.31. The molecule has 11 heteroatoms. The molecule has 3 aromatic carbocycles. The zero-order chi connectivity index (χ0) is 33.2. The highest BCUT2D eigenvalue weighted by atomic mass is 35.5. The van der Waals surface area contributed by atoms with Crippen LogP contribution in [0.1, 0.15) is 54.4 Å². The maximum atomic E-state index is 15.4. The van der Waals surface area contributed by atoms with Crippen LogP contribution >= 0.6 is 11.6 Å². The number of pyridine rings is 1. The van der Waals surface area contributed by atoms with Crippen molar-refractivity contribution in [2.24, 2.45) is 11.7 Å². The first kappa shape index (κ1) is 32.1. The van der Waals surface area contributed by atoms with E-state index in [-0.39, 0.29) is 24.5 Å². The Morgan fingerprint density at radius 2 is 1.83 bits per heavy atom. The summed E-state index contributed by atoms with van der Waals surface area (Å²) < 4.78 is 15.4. The number of halogens is 2. The number of benzene rings is 3. The molecular weight excluding hydrogens is 619 g/mol. The third-order valence-electron chi connectivity index (χ3n) is 9.07. The highest BCUT2D eigenvalue weighted by molar-refractivity contribution is 6.30. The summed E-state index contributed by atoms with van der Waals surface area (Å²) in [5.41, 5.74) is 6.67. The van der Waals surface area contributed by atoms with E-state index in [1.54, 1.807) is 60.7 Å². The number of nitrogens with zero attached hydrogens (tertiary/aromatic N) is 3. The van der Waals surface area contributed by atoms with Gasteiger partial charge in [-0.15, -0.1) is 0 Å². The van der Waals surface area contributed by atoms with Gasteiger partial charge in [0.25, 0.3) is 0 Å². The van der Waals surface area contributed by atoms with Crippen molar-refractivity contribution in [3.05, 3.63) is 124 Å². The number of β-amino-alcohol motifs (C(OH)–C–C–N with tert-alkyl or cyclic N) is 1. The minimum Gasteiger partial charge on any atom is -0.383 e. The Morgan fingerprint density at radius 1 is 1.06 bits per heavy atom. The Morgan fingerprint density at radius 3 is 2.53 bits per heavy atom. The fourth-order valence-electron chi connectivity index (χ4n) is 6.20. The van der Waals surface area contributed by atoms with Crippen LogP contribution in [0.3, 0.4) is 0 Å². The lowest BCUT2D eigenvalue weighted by Gasteiger charge is -2.32. The van der Waals surface area contributed by atoms with E-state index in [1.807, 2.05) is 6.07 Å². The van der Waals surface area contributed by atoms with Gasteiger partial charge in [0, 0.05) is 12.6 Å². The Hall–Kier alpha value is -4.82. The van der Waals surface area contributed by atoms with E-state index in [0.717, 1.165) is 19.3 Å². The first-order chi connectivity index (χ1) is 22.6. The normalized spacial score (nSPS) is 20.2. The number of hydrogen-bond donors (Lipinski definition) is 4. The van der Waals surface area contributed by atoms with E-state index in [4.69, 9.17) is 17.3 Å². The first-order valence-electron chi connectivity index (χ1n) is 15.5. The van der Waals surface area contributed by atoms with E-state index in [1.165, 1.54) is 29.3 Å². The predicted molar refractivity (Wildman–Crippen MR) is 177 cm³/mol. The molecule has 47 heavy (non-hydrogen) atoms. The maximum absolute atomic E-state index is 15.4. The van der Waals surface area contributed by atoms with Crippen molar-refractivity contribution in [2.45, 2.75) is 49.3 Å². The van der Waals surface area contributed by atoms with Crippen molar-refractivity contribution < 1.29 is 19.1 Å². The molecule has 1 aliphatic heterocycles. The topological polar surface area (TPSA) is 144 Å². The number of likely N-dealkylation sites (tertiary alicyclic amines) is 1. The van der Waals surface area contributed by atoms with Crippen LogP contribution in [-0.2, 0) is 15.9 Å². The van der Waals surface area contributed by atoms with Gasteiger partial charge in [-0.3, -0.25) is 10.1 Å². The van der Waals surface area contributed by atoms with Crippen LogP contribution in [0, 0.1) is 23.1 Å². The third kappa shape index (κ3) is 6.98. The minimum absolute atomic E-state index is 0.111. The summed E-state index contributed by atoms with van der Waals surface area (Å²) in [5.74, 6) is -0.588. The number of aliphatic hydroxyl groups is 1. The SMILES string of the molecule is N#Cc1cccc(C(N)(CCC2CC2)c2ccc(F)c(NC(=O)C3CC(O)(c4ccccc4)CN3C(=O)Nc3ccc(Cl)cn3)c2)c1. The van der Waals surface area contributed by atoms with Gasteiger partial charge in [0.15, 0.2) is 0 Å². The third-order valence-corrected chi connectivity index (χ3v) is 9.29. The largest absolute Gasteiger partial charge is 0.383 e. The molecule has 1 saturated carbocycles. The number of nitrogens with one attached hydrogen (secondary N) is 2. The lowest BCUT2D eigenvalue weighted by atomic mass is 9.79. The predicted octanol–water partition coefficient (Wildman–Crippen LogP) is 6.27. The molecule has 2 fully saturated rings. The second-order valence-electron chi connectivity index (χ2n) is 12.4. The number of carbonyl (C=O) groups is 2. The van der Waals surface area contributed by atoms with Gasteiger partial charge >= 0.3 is 6.03 Å². The van der Waals surface area contributed by atoms with Crippen molar-refractivity contribution in [3.63, 3.8) is 0 Å². The van der Waals surface area contributed by atoms with Crippen molar-refractivity contribution in [2.75, 3.05) is 17.2 Å². The number of aromatic nitrogens is 1. The van der Waals surface area contributed by atoms with Crippen LogP contribution in [0.4, 0.5) is 20.7 Å². The number of carbonyl (C=O) groups excluding carboxylic acids is 2. The molecule has 1 aliphatic carbocycles. The fraction of sp³-hybridized carbons (Fsp3) is 0.278. The lowest BCUT2D eigenvalue weighted by Crippen LogP contribution is -2.45. The van der Waals surface area contributed by atoms with Crippen molar-refractivity contribution in [1.29, 1.82) is 5.26 Å². The molecule has 2 heterocycles. The summed E-state index contributed by atoms with van der Waals surface area (Å²) in [5, 5.41) is 26.9. The molecule has 6 rings (SSSR count). The van der Waals surface area contributed by atoms with Crippen molar-refractivity contribution >= 4 is 35.0 Å². The van der Waals surface area contributed by atoms with E-state index < -0.39 is 34.9 Å². The molecule has 2 aliphatic rings. The van der Waals surface area contributed by atoms with Crippen LogP contribution in [0.2, 0.25) is 5.02 Å². The van der Waals surface area contributed by atoms with Gasteiger partial charge in [0.05, 0.1) is 34.4 Å². The summed E-state index contributed by atoms with van der Waals surface area (Å²) >= 11 is 5.93. The van der Waals surface area contributed by atoms with Gasteiger partial charge in [-0.25, -0.2) is 14.2 Å². The zero-order valence-electron chi connectivity index (χ0n) is 25.5. The Balaban J connectivity index is 1.30. The number of rotatable bonds is 9. The molecule has 3 atom stereocenters. The molecule has 0 spiro atoms. The Kier molecular flexibility index (Phi) is 8.97. The van der Waals surface area contributed by atoms with Gasteiger partial charge in [0.1, 0.15) is 23.3 Å². The van der Waals surface area contributed by atoms with Crippen molar-refractivity contribution in [1.82, 2.24) is 9.88 Å². The average molecular weight is 653 g/mol. The molecule has 0 bridgehead atoms. The minimum atomic E-state index is -1.55. The Labute approximate surface area is 277 Å². The number of amides is 3. The highest BCUT2D eigenvalue weighted by Gasteiger charge is 2.49. The quantitative estimate of drug-likeness (QED) is 0.168. The molecule has 9 nitrogen and oxygen atoms in total. The van der Waals surface area contributed by atoms with Crippen LogP contribution in [0.15, 0.2) is 91.1 Å². The van der Waals surface area contributed by atoms with Crippen LogP contribution in [0.5, 0.6) is 0 Å². The summed E-state index contributed by atoms with van der Waals surface area (Å²) in [4.78, 5) is 32.8. The van der Waals surface area contributed by atoms with Gasteiger partial charge in [0.2, 0.25) is 5.91 Å². The number of nitrogens with two attached hydrogens (primary N) is 1. The maximum Gasteiger partial charge on any atom is 0.323 e. The van der Waals surface area contributed by atoms with Gasteiger partial charge in [-0.05, 0) is 71.8 Å². The molecule has 1 aromatic heterocycles. The summed E-state index contributed by atoms with van der Waals surface area (Å²) in [6.45, 7) is -0.195. The molecule has 1 saturated heterocycles. The number of anilines is 2. The second-order valence-corrected chi connectivity index (χ2v) is 12.8. The Bertz CT molecular complexity index is 1830. The molecule has 0 radical (unpaired) electrons. The number of urea groups is 1. The average Bonchev–Trinajstić information content (AvgIpc) is 3.85. The van der Waals surface area contributed by atoms with Crippen LogP contribution < -0.4 is 16.4 Å². The molecule has 3 unspecified atom stereocenters. The summed E-state index contributed by atoms with van der Waals surface area (Å²) in [7, 11) is 0. The van der Waals surface area contributed by atoms with E-state index in [0.29, 0.717) is 39.6 Å². The van der Waals surface area contributed by atoms with Gasteiger partial charge < -0.3 is 21.1 Å². The van der Waals surface area contributed by atoms with E-state index in [2.05, 4.69) is 21.7 Å². The van der Waals surface area contributed by atoms with Gasteiger partial charge in [-0.2, -0.15) is 5.26 Å². The molecule has 3 amide bonds. The van der Waals surface area contributed by atoms with Crippen LogP contribution in [0.25, 0.3) is 0 Å². The molecule has 5 N–H and O–H groups in total. The van der Waals surface area contributed by atoms with E-state index in [9.17, 15) is 20.0 Å². The first-order valence-corrected chi connectivity index (χ1v) is 15.8. The summed E-state index contributed by atoms with van der Waals surface area (Å²) in [6, 6.07) is 23.6. The van der Waals surface area contributed by atoms with E-state index >= 15 is 4.39 Å². The number of nitriles is 1. The highest BCUT2D eigenvalue weighted by Crippen LogP contribution is 2.41. The monoisotopic (exact) mass is 652 g/mol. The zero-order valence-corrected chi connectivity index (χ0v) is 26.3. The second kappa shape index (κ2) is 13.1. The smallest absolute Gasteiger partial charge is 0.323 e. The standard InChI is InChI=1S/C36H34ClFN6O3/c37-28-12-14-32(41-21-28)43-34(46)44-22-35(47,25-6-2-1-3-7-25)19-31(44)33(45)42-30-18-27(11-13-29(30)38)36(40,16-15-23-9-10-23)26-8-4-5-24(17-26)20-39/h1-8,11-14,17-18,21,23,31,47H,9-10,15-16,19,22,40H2,(H,42,45)(H,41,43,46). The van der Waals surface area contributed by atoms with Crippen molar-refractivity contribution in [3.8, 4) is 6.07 Å². The molecule has 240 valence electrons. The molecular formula is C36H34ClFN6O3. The summed E-state index contributed by atoms with van der Waals surface area (Å²) in [6.07, 6.45) is 4.93. The number of hydrogen-bond acceptors (Lipinski definition) is 6. The molecule has 4 aromatic rings. The van der Waals surface area contributed by atoms with Crippen LogP contribution in [-0.4, -0.2) is 39.5 Å².